The molecule has 0 atom stereocenters. The number of nitrogens with zero attached hydrogens (tertiary/aromatic N) is 4. The molecular weight excluding hydrogens is 294 g/mol. The van der Waals surface area contributed by atoms with Crippen molar-refractivity contribution in [3.05, 3.63) is 35.1 Å². The third-order valence-corrected chi connectivity index (χ3v) is 3.89. The van der Waals surface area contributed by atoms with E-state index in [2.05, 4.69) is 33.0 Å². The second kappa shape index (κ2) is 5.38. The summed E-state index contributed by atoms with van der Waals surface area (Å²) in [6.07, 6.45) is 3.89. The van der Waals surface area contributed by atoms with E-state index >= 15 is 0 Å². The van der Waals surface area contributed by atoms with Crippen LogP contribution in [0.3, 0.4) is 0 Å². The molecule has 2 heterocycles. The molecule has 0 aliphatic heterocycles. The summed E-state index contributed by atoms with van der Waals surface area (Å²) in [4.78, 5) is 0. The average molecular weight is 308 g/mol. The summed E-state index contributed by atoms with van der Waals surface area (Å²) in [6.45, 7) is 4.86. The fraction of sp³-hybridized carbons (Fsp3) is 0.308. The quantitative estimate of drug-likeness (QED) is 0.798. The van der Waals surface area contributed by atoms with E-state index in [1.54, 1.807) is 0 Å². The van der Waals surface area contributed by atoms with Gasteiger partial charge < -0.3 is 5.32 Å². The van der Waals surface area contributed by atoms with Crippen molar-refractivity contribution in [3.63, 3.8) is 0 Å². The van der Waals surface area contributed by atoms with Crippen LogP contribution in [-0.4, -0.2) is 18.5 Å². The molecule has 104 valence electrons. The number of aromatic nitrogens is 4. The summed E-state index contributed by atoms with van der Waals surface area (Å²) < 4.78 is 10.4. The minimum Gasteiger partial charge on any atom is -0.378 e. The molecular formula is C13H14ClN5S. The lowest BCUT2D eigenvalue weighted by molar-refractivity contribution is 0.532. The number of hydrogen-bond acceptors (Lipinski definition) is 5. The summed E-state index contributed by atoms with van der Waals surface area (Å²) in [5, 5.41) is 8.30. The Bertz CT molecular complexity index is 733. The highest BCUT2D eigenvalue weighted by Gasteiger charge is 2.10. The average Bonchev–Trinajstić information content (AvgIpc) is 3.05. The molecule has 0 amide bonds. The van der Waals surface area contributed by atoms with Crippen LogP contribution in [0.1, 0.15) is 25.5 Å². The molecule has 0 saturated carbocycles. The first-order valence-corrected chi connectivity index (χ1v) is 7.43. The molecule has 20 heavy (non-hydrogen) atoms. The van der Waals surface area contributed by atoms with Gasteiger partial charge in [-0.2, -0.15) is 13.8 Å². The Morgan fingerprint density at radius 1 is 1.35 bits per heavy atom. The Balaban J connectivity index is 1.82. The number of hydrogen-bond donors (Lipinski definition) is 1. The van der Waals surface area contributed by atoms with Gasteiger partial charge in [0.15, 0.2) is 0 Å². The summed E-state index contributed by atoms with van der Waals surface area (Å²) >= 11 is 7.43. The molecule has 0 radical (unpaired) electrons. The molecule has 5 nitrogen and oxygen atoms in total. The van der Waals surface area contributed by atoms with Crippen molar-refractivity contribution < 1.29 is 0 Å². The number of anilines is 1. The monoisotopic (exact) mass is 307 g/mol. The minimum atomic E-state index is 0.360. The summed E-state index contributed by atoms with van der Waals surface area (Å²) in [5.41, 5.74) is 3.61. The zero-order chi connectivity index (χ0) is 14.1. The Morgan fingerprint density at radius 2 is 2.20 bits per heavy atom. The van der Waals surface area contributed by atoms with Crippen LogP contribution in [0.5, 0.6) is 0 Å². The fourth-order valence-electron chi connectivity index (χ4n) is 1.94. The lowest BCUT2D eigenvalue weighted by Crippen LogP contribution is -2.02. The van der Waals surface area contributed by atoms with Crippen molar-refractivity contribution in [1.29, 1.82) is 0 Å². The van der Waals surface area contributed by atoms with Crippen molar-refractivity contribution in [1.82, 2.24) is 18.5 Å². The van der Waals surface area contributed by atoms with Crippen molar-refractivity contribution in [2.75, 3.05) is 5.32 Å². The van der Waals surface area contributed by atoms with Gasteiger partial charge in [0, 0.05) is 24.3 Å². The van der Waals surface area contributed by atoms with Crippen LogP contribution in [0.4, 0.5) is 5.69 Å². The fourth-order valence-corrected chi connectivity index (χ4v) is 2.70. The summed E-state index contributed by atoms with van der Waals surface area (Å²) in [7, 11) is 0. The highest BCUT2D eigenvalue weighted by Crippen LogP contribution is 2.30. The largest absolute Gasteiger partial charge is 0.378 e. The van der Waals surface area contributed by atoms with E-state index in [-0.39, 0.29) is 0 Å². The van der Waals surface area contributed by atoms with Crippen molar-refractivity contribution in [2.45, 2.75) is 26.4 Å². The molecule has 2 aromatic heterocycles. The van der Waals surface area contributed by atoms with Crippen LogP contribution < -0.4 is 5.32 Å². The number of rotatable bonds is 4. The number of fused-ring (bicyclic) bond motifs is 1. The standard InChI is InChI=1S/C13H14ClN5S/c1-8(2)19-7-9(6-16-19)5-15-12-10(14)3-4-11-13(12)18-20-17-11/h3-4,6-8,15H,5H2,1-2H3. The lowest BCUT2D eigenvalue weighted by atomic mass is 10.2. The normalized spacial score (nSPS) is 11.4. The van der Waals surface area contributed by atoms with Crippen LogP contribution in [0.25, 0.3) is 11.0 Å². The first-order chi connectivity index (χ1) is 9.65. The van der Waals surface area contributed by atoms with Crippen molar-refractivity contribution in [2.24, 2.45) is 0 Å². The third-order valence-electron chi connectivity index (χ3n) is 3.03. The molecule has 0 spiro atoms. The van der Waals surface area contributed by atoms with E-state index in [0.29, 0.717) is 17.6 Å². The topological polar surface area (TPSA) is 55.6 Å². The van der Waals surface area contributed by atoms with Crippen LogP contribution in [0.15, 0.2) is 24.5 Å². The Morgan fingerprint density at radius 3 is 2.95 bits per heavy atom. The molecule has 7 heteroatoms. The van der Waals surface area contributed by atoms with Gasteiger partial charge in [-0.1, -0.05) is 11.6 Å². The molecule has 1 N–H and O–H groups in total. The Hall–Kier alpha value is -1.66. The highest BCUT2D eigenvalue weighted by atomic mass is 35.5. The van der Waals surface area contributed by atoms with Gasteiger partial charge in [-0.05, 0) is 26.0 Å². The van der Waals surface area contributed by atoms with Crippen LogP contribution in [0, 0.1) is 0 Å². The van der Waals surface area contributed by atoms with Gasteiger partial charge in [-0.15, -0.1) is 0 Å². The SMILES string of the molecule is CC(C)n1cc(CNc2c(Cl)ccc3nsnc23)cn1. The van der Waals surface area contributed by atoms with E-state index in [0.717, 1.165) is 22.3 Å². The molecule has 1 aromatic carbocycles. The second-order valence-corrected chi connectivity index (χ2v) is 5.77. The predicted octanol–water partition coefficient (Wildman–Crippen LogP) is 3.73. The van der Waals surface area contributed by atoms with Crippen LogP contribution in [0.2, 0.25) is 5.02 Å². The Labute approximate surface area is 125 Å². The maximum atomic E-state index is 6.24. The van der Waals surface area contributed by atoms with Crippen molar-refractivity contribution >= 4 is 40.0 Å². The molecule has 3 aromatic rings. The van der Waals surface area contributed by atoms with Gasteiger partial charge in [0.1, 0.15) is 11.0 Å². The minimum absolute atomic E-state index is 0.360. The van der Waals surface area contributed by atoms with Gasteiger partial charge in [0.2, 0.25) is 0 Å². The Kier molecular flexibility index (Phi) is 3.58. The van der Waals surface area contributed by atoms with E-state index < -0.39 is 0 Å². The van der Waals surface area contributed by atoms with Gasteiger partial charge in [0.05, 0.1) is 28.6 Å². The van der Waals surface area contributed by atoms with Gasteiger partial charge in [0.25, 0.3) is 0 Å². The molecule has 0 bridgehead atoms. The van der Waals surface area contributed by atoms with Gasteiger partial charge >= 0.3 is 0 Å². The summed E-state index contributed by atoms with van der Waals surface area (Å²) in [5.74, 6) is 0. The molecule has 0 aliphatic rings. The van der Waals surface area contributed by atoms with Gasteiger partial charge in [-0.25, -0.2) is 0 Å². The third kappa shape index (κ3) is 2.48. The summed E-state index contributed by atoms with van der Waals surface area (Å²) in [6, 6.07) is 4.08. The van der Waals surface area contributed by atoms with E-state index in [1.807, 2.05) is 29.2 Å². The molecule has 0 fully saturated rings. The molecule has 0 aliphatic carbocycles. The lowest BCUT2D eigenvalue weighted by Gasteiger charge is -2.07. The van der Waals surface area contributed by atoms with Crippen molar-refractivity contribution in [3.8, 4) is 0 Å². The second-order valence-electron chi connectivity index (χ2n) is 4.83. The highest BCUT2D eigenvalue weighted by molar-refractivity contribution is 7.00. The van der Waals surface area contributed by atoms with E-state index in [1.165, 1.54) is 11.7 Å². The maximum Gasteiger partial charge on any atom is 0.129 e. The molecule has 3 rings (SSSR count). The zero-order valence-corrected chi connectivity index (χ0v) is 12.7. The van der Waals surface area contributed by atoms with Gasteiger partial charge in [-0.3, -0.25) is 4.68 Å². The van der Waals surface area contributed by atoms with Crippen LogP contribution in [-0.2, 0) is 6.54 Å². The van der Waals surface area contributed by atoms with Crippen LogP contribution >= 0.6 is 23.3 Å². The predicted molar refractivity (Wildman–Crippen MR) is 82.4 cm³/mol. The number of nitrogens with one attached hydrogen (secondary N) is 1. The van der Waals surface area contributed by atoms with E-state index in [4.69, 9.17) is 11.6 Å². The maximum absolute atomic E-state index is 6.24. The molecule has 0 unspecified atom stereocenters. The zero-order valence-electron chi connectivity index (χ0n) is 11.2. The molecule has 0 saturated heterocycles. The number of benzene rings is 1. The first kappa shape index (κ1) is 13.3. The van der Waals surface area contributed by atoms with E-state index in [9.17, 15) is 0 Å². The smallest absolute Gasteiger partial charge is 0.129 e. The number of halogens is 1. The first-order valence-electron chi connectivity index (χ1n) is 6.33.